The van der Waals surface area contributed by atoms with Crippen LogP contribution in [-0.2, 0) is 0 Å². The van der Waals surface area contributed by atoms with Gasteiger partial charge in [0.15, 0.2) is 0 Å². The minimum atomic E-state index is 0.542. The van der Waals surface area contributed by atoms with Crippen LogP contribution in [-0.4, -0.2) is 6.04 Å². The molecular formula is C11H21N. The van der Waals surface area contributed by atoms with Crippen LogP contribution in [0.15, 0.2) is 0 Å². The smallest absolute Gasteiger partial charge is 0.00982 e. The second-order valence-electron chi connectivity index (χ2n) is 4.85. The molecule has 2 saturated carbocycles. The molecule has 0 saturated heterocycles. The normalized spacial score (nSPS) is 39.5. The van der Waals surface area contributed by atoms with E-state index in [-0.39, 0.29) is 0 Å². The predicted octanol–water partition coefficient (Wildman–Crippen LogP) is 2.55. The van der Waals surface area contributed by atoms with E-state index in [1.54, 1.807) is 0 Å². The molecular weight excluding hydrogens is 146 g/mol. The second-order valence-corrected chi connectivity index (χ2v) is 4.85. The zero-order valence-electron chi connectivity index (χ0n) is 8.13. The molecule has 2 fully saturated rings. The van der Waals surface area contributed by atoms with E-state index in [9.17, 15) is 0 Å². The van der Waals surface area contributed by atoms with Crippen LogP contribution < -0.4 is 5.73 Å². The lowest BCUT2D eigenvalue weighted by molar-refractivity contribution is 0.281. The van der Waals surface area contributed by atoms with Crippen LogP contribution in [0.5, 0.6) is 0 Å². The van der Waals surface area contributed by atoms with Crippen molar-refractivity contribution < 1.29 is 0 Å². The van der Waals surface area contributed by atoms with Crippen LogP contribution in [0, 0.1) is 17.8 Å². The molecule has 1 nitrogen and oxygen atoms in total. The maximum absolute atomic E-state index is 6.24. The summed E-state index contributed by atoms with van der Waals surface area (Å²) in [5, 5.41) is 0. The highest BCUT2D eigenvalue weighted by molar-refractivity contribution is 4.94. The van der Waals surface area contributed by atoms with E-state index in [2.05, 4.69) is 6.92 Å². The average Bonchev–Trinajstić information content (AvgIpc) is 2.83. The molecule has 0 amide bonds. The van der Waals surface area contributed by atoms with Crippen molar-refractivity contribution in [1.82, 2.24) is 0 Å². The standard InChI is InChI=1S/C11H21N/c1-8-7-10(8)11(12)9-5-3-2-4-6-9/h8-11H,2-7,12H2,1H3. The molecule has 2 rings (SSSR count). The van der Waals surface area contributed by atoms with Crippen molar-refractivity contribution in [3.05, 3.63) is 0 Å². The maximum Gasteiger partial charge on any atom is 0.00982 e. The van der Waals surface area contributed by atoms with Gasteiger partial charge >= 0.3 is 0 Å². The van der Waals surface area contributed by atoms with Gasteiger partial charge in [0.1, 0.15) is 0 Å². The van der Waals surface area contributed by atoms with Gasteiger partial charge in [0, 0.05) is 6.04 Å². The van der Waals surface area contributed by atoms with E-state index in [4.69, 9.17) is 5.73 Å². The summed E-state index contributed by atoms with van der Waals surface area (Å²) in [6.07, 6.45) is 8.52. The van der Waals surface area contributed by atoms with Gasteiger partial charge in [-0.25, -0.2) is 0 Å². The van der Waals surface area contributed by atoms with E-state index >= 15 is 0 Å². The molecule has 0 aromatic carbocycles. The largest absolute Gasteiger partial charge is 0.327 e. The van der Waals surface area contributed by atoms with Crippen LogP contribution in [0.4, 0.5) is 0 Å². The summed E-state index contributed by atoms with van der Waals surface area (Å²) in [7, 11) is 0. The Labute approximate surface area is 75.7 Å². The summed E-state index contributed by atoms with van der Waals surface area (Å²) in [5.41, 5.74) is 6.24. The Balaban J connectivity index is 1.82. The minimum absolute atomic E-state index is 0.542. The quantitative estimate of drug-likeness (QED) is 0.672. The summed E-state index contributed by atoms with van der Waals surface area (Å²) in [6, 6.07) is 0.542. The van der Waals surface area contributed by atoms with Crippen LogP contribution in [0.3, 0.4) is 0 Å². The Morgan fingerprint density at radius 2 is 1.75 bits per heavy atom. The topological polar surface area (TPSA) is 26.0 Å². The Bertz CT molecular complexity index is 149. The molecule has 3 unspecified atom stereocenters. The molecule has 2 aliphatic carbocycles. The monoisotopic (exact) mass is 167 g/mol. The summed E-state index contributed by atoms with van der Waals surface area (Å²) >= 11 is 0. The van der Waals surface area contributed by atoms with Crippen molar-refractivity contribution in [2.45, 2.75) is 51.5 Å². The fourth-order valence-electron chi connectivity index (χ4n) is 2.76. The highest BCUT2D eigenvalue weighted by atomic mass is 14.7. The molecule has 0 spiro atoms. The lowest BCUT2D eigenvalue weighted by Crippen LogP contribution is -2.34. The molecule has 12 heavy (non-hydrogen) atoms. The van der Waals surface area contributed by atoms with Gasteiger partial charge in [0.25, 0.3) is 0 Å². The van der Waals surface area contributed by atoms with Crippen molar-refractivity contribution in [1.29, 1.82) is 0 Å². The molecule has 0 radical (unpaired) electrons. The summed E-state index contributed by atoms with van der Waals surface area (Å²) in [4.78, 5) is 0. The molecule has 0 aromatic rings. The first-order valence-corrected chi connectivity index (χ1v) is 5.54. The molecule has 0 aliphatic heterocycles. The third-order valence-electron chi connectivity index (χ3n) is 3.86. The number of hydrogen-bond acceptors (Lipinski definition) is 1. The third kappa shape index (κ3) is 1.66. The molecule has 0 aromatic heterocycles. The van der Waals surface area contributed by atoms with Gasteiger partial charge in [0.2, 0.25) is 0 Å². The van der Waals surface area contributed by atoms with Gasteiger partial charge in [-0.05, 0) is 37.0 Å². The fraction of sp³-hybridized carbons (Fsp3) is 1.00. The first-order chi connectivity index (χ1) is 5.79. The van der Waals surface area contributed by atoms with Gasteiger partial charge in [-0.1, -0.05) is 26.2 Å². The van der Waals surface area contributed by atoms with Crippen molar-refractivity contribution in [3.8, 4) is 0 Å². The fourth-order valence-corrected chi connectivity index (χ4v) is 2.76. The Morgan fingerprint density at radius 3 is 2.25 bits per heavy atom. The summed E-state index contributed by atoms with van der Waals surface area (Å²) in [5.74, 6) is 2.68. The van der Waals surface area contributed by atoms with Gasteiger partial charge in [-0.2, -0.15) is 0 Å². The summed E-state index contributed by atoms with van der Waals surface area (Å²) < 4.78 is 0. The van der Waals surface area contributed by atoms with Crippen molar-refractivity contribution in [2.24, 2.45) is 23.5 Å². The van der Waals surface area contributed by atoms with Gasteiger partial charge < -0.3 is 5.73 Å². The van der Waals surface area contributed by atoms with E-state index in [1.807, 2.05) is 0 Å². The zero-order chi connectivity index (χ0) is 8.55. The molecule has 3 atom stereocenters. The molecule has 2 aliphatic rings. The number of rotatable bonds is 2. The molecule has 70 valence electrons. The maximum atomic E-state index is 6.24. The number of nitrogens with two attached hydrogens (primary N) is 1. The van der Waals surface area contributed by atoms with Crippen LogP contribution >= 0.6 is 0 Å². The SMILES string of the molecule is CC1CC1C(N)C1CCCCC1. The zero-order valence-corrected chi connectivity index (χ0v) is 8.13. The molecule has 1 heteroatoms. The van der Waals surface area contributed by atoms with Crippen molar-refractivity contribution in [3.63, 3.8) is 0 Å². The Hall–Kier alpha value is -0.0400. The highest BCUT2D eigenvalue weighted by Gasteiger charge is 2.40. The number of hydrogen-bond donors (Lipinski definition) is 1. The first-order valence-electron chi connectivity index (χ1n) is 5.54. The first kappa shape index (κ1) is 8.55. The van der Waals surface area contributed by atoms with Crippen LogP contribution in [0.1, 0.15) is 45.4 Å². The van der Waals surface area contributed by atoms with E-state index in [0.717, 1.165) is 17.8 Å². The van der Waals surface area contributed by atoms with E-state index in [1.165, 1.54) is 38.5 Å². The third-order valence-corrected chi connectivity index (χ3v) is 3.86. The molecule has 2 N–H and O–H groups in total. The Kier molecular flexibility index (Phi) is 2.40. The molecule has 0 heterocycles. The molecule has 0 bridgehead atoms. The van der Waals surface area contributed by atoms with Gasteiger partial charge in [0.05, 0.1) is 0 Å². The van der Waals surface area contributed by atoms with Crippen LogP contribution in [0.2, 0.25) is 0 Å². The Morgan fingerprint density at radius 1 is 1.17 bits per heavy atom. The average molecular weight is 167 g/mol. The van der Waals surface area contributed by atoms with Crippen molar-refractivity contribution in [2.75, 3.05) is 0 Å². The second kappa shape index (κ2) is 3.37. The van der Waals surface area contributed by atoms with E-state index < -0.39 is 0 Å². The van der Waals surface area contributed by atoms with E-state index in [0.29, 0.717) is 6.04 Å². The van der Waals surface area contributed by atoms with Gasteiger partial charge in [-0.3, -0.25) is 0 Å². The highest BCUT2D eigenvalue weighted by Crippen LogP contribution is 2.44. The lowest BCUT2D eigenvalue weighted by atomic mass is 9.82. The van der Waals surface area contributed by atoms with Crippen LogP contribution in [0.25, 0.3) is 0 Å². The summed E-state index contributed by atoms with van der Waals surface area (Å²) in [6.45, 7) is 2.34. The predicted molar refractivity (Wildman–Crippen MR) is 51.8 cm³/mol. The minimum Gasteiger partial charge on any atom is -0.327 e. The lowest BCUT2D eigenvalue weighted by Gasteiger charge is -2.27. The van der Waals surface area contributed by atoms with Crippen molar-refractivity contribution >= 4 is 0 Å². The van der Waals surface area contributed by atoms with Gasteiger partial charge in [-0.15, -0.1) is 0 Å².